The molecule has 1 amide bonds. The Balaban J connectivity index is 1.68. The van der Waals surface area contributed by atoms with Crippen LogP contribution in [0.5, 0.6) is 0 Å². The molecule has 1 atom stereocenters. The van der Waals surface area contributed by atoms with Crippen LogP contribution in [-0.2, 0) is 6.42 Å². The van der Waals surface area contributed by atoms with Gasteiger partial charge in [0.1, 0.15) is 5.82 Å². The molecule has 2 aromatic rings. The Bertz CT molecular complexity index is 674. The minimum Gasteiger partial charge on any atom is -0.351 e. The number of hydrogen-bond acceptors (Lipinski definition) is 4. The third kappa shape index (κ3) is 3.63. The van der Waals surface area contributed by atoms with Gasteiger partial charge in [0, 0.05) is 37.0 Å². The number of hydrogen-bond donors (Lipinski definition) is 1. The number of aromatic nitrogens is 3. The van der Waals surface area contributed by atoms with E-state index in [1.54, 1.807) is 6.07 Å². The quantitative estimate of drug-likeness (QED) is 0.941. The molecular formula is C17H24N4O2. The van der Waals surface area contributed by atoms with Gasteiger partial charge in [0.15, 0.2) is 0 Å². The first-order chi connectivity index (χ1) is 11.0. The minimum atomic E-state index is -0.0690. The zero-order valence-electron chi connectivity index (χ0n) is 14.0. The Hall–Kier alpha value is -2.11. The Morgan fingerprint density at radius 3 is 3.04 bits per heavy atom. The molecular weight excluding hydrogens is 292 g/mol. The Kier molecular flexibility index (Phi) is 4.50. The molecule has 1 fully saturated rings. The lowest BCUT2D eigenvalue weighted by Crippen LogP contribution is -2.39. The van der Waals surface area contributed by atoms with Gasteiger partial charge in [-0.05, 0) is 32.1 Å². The molecule has 0 bridgehead atoms. The van der Waals surface area contributed by atoms with E-state index in [1.807, 2.05) is 18.0 Å². The predicted molar refractivity (Wildman–Crippen MR) is 86.2 cm³/mol. The van der Waals surface area contributed by atoms with E-state index in [1.165, 1.54) is 0 Å². The number of rotatable bonds is 4. The van der Waals surface area contributed by atoms with Gasteiger partial charge < -0.3 is 14.4 Å². The summed E-state index contributed by atoms with van der Waals surface area (Å²) in [6.45, 7) is 7.67. The molecule has 0 saturated carbocycles. The van der Waals surface area contributed by atoms with E-state index in [9.17, 15) is 4.79 Å². The van der Waals surface area contributed by atoms with Crippen molar-refractivity contribution in [2.75, 3.05) is 13.1 Å². The van der Waals surface area contributed by atoms with E-state index >= 15 is 0 Å². The smallest absolute Gasteiger partial charge is 0.292 e. The van der Waals surface area contributed by atoms with Crippen molar-refractivity contribution in [3.63, 3.8) is 0 Å². The molecule has 0 aromatic carbocycles. The van der Waals surface area contributed by atoms with Crippen LogP contribution in [0.2, 0.25) is 0 Å². The van der Waals surface area contributed by atoms with E-state index in [2.05, 4.69) is 29.0 Å². The SMILES string of the molecule is Cc1cnc(C2CCCN(C(=O)c3cc(CC(C)C)no3)C2)[nH]1. The number of amides is 1. The third-order valence-electron chi connectivity index (χ3n) is 4.20. The molecule has 124 valence electrons. The van der Waals surface area contributed by atoms with Gasteiger partial charge in [0.25, 0.3) is 5.91 Å². The standard InChI is InChI=1S/C17H24N4O2/c1-11(2)7-14-8-15(23-20-14)17(22)21-6-4-5-13(10-21)16-18-9-12(3)19-16/h8-9,11,13H,4-7,10H2,1-3H3,(H,18,19). The predicted octanol–water partition coefficient (Wildman–Crippen LogP) is 2.92. The van der Waals surface area contributed by atoms with Crippen LogP contribution in [-0.4, -0.2) is 39.0 Å². The van der Waals surface area contributed by atoms with Crippen molar-refractivity contribution in [1.82, 2.24) is 20.0 Å². The summed E-state index contributed by atoms with van der Waals surface area (Å²) >= 11 is 0. The lowest BCUT2D eigenvalue weighted by Gasteiger charge is -2.31. The summed E-state index contributed by atoms with van der Waals surface area (Å²) in [5.41, 5.74) is 1.90. The molecule has 1 aliphatic heterocycles. The average molecular weight is 316 g/mol. The van der Waals surface area contributed by atoms with Crippen molar-refractivity contribution in [3.8, 4) is 0 Å². The van der Waals surface area contributed by atoms with Crippen molar-refractivity contribution in [2.24, 2.45) is 5.92 Å². The first kappa shape index (κ1) is 15.8. The van der Waals surface area contributed by atoms with Crippen LogP contribution in [0.3, 0.4) is 0 Å². The molecule has 1 N–H and O–H groups in total. The highest BCUT2D eigenvalue weighted by molar-refractivity contribution is 5.91. The van der Waals surface area contributed by atoms with E-state index in [0.29, 0.717) is 18.2 Å². The maximum Gasteiger partial charge on any atom is 0.292 e. The highest BCUT2D eigenvalue weighted by Gasteiger charge is 2.29. The first-order valence-corrected chi connectivity index (χ1v) is 8.29. The van der Waals surface area contributed by atoms with Crippen molar-refractivity contribution in [2.45, 2.75) is 46.0 Å². The van der Waals surface area contributed by atoms with Crippen LogP contribution in [0.25, 0.3) is 0 Å². The van der Waals surface area contributed by atoms with Crippen LogP contribution in [0, 0.1) is 12.8 Å². The molecule has 3 rings (SSSR count). The lowest BCUT2D eigenvalue weighted by atomic mass is 9.97. The second kappa shape index (κ2) is 6.56. The number of carbonyl (C=O) groups is 1. The van der Waals surface area contributed by atoms with Gasteiger partial charge in [-0.1, -0.05) is 19.0 Å². The summed E-state index contributed by atoms with van der Waals surface area (Å²) in [6.07, 6.45) is 4.69. The number of nitrogens with zero attached hydrogens (tertiary/aromatic N) is 3. The lowest BCUT2D eigenvalue weighted by molar-refractivity contribution is 0.0662. The van der Waals surface area contributed by atoms with Gasteiger partial charge in [-0.3, -0.25) is 4.79 Å². The van der Waals surface area contributed by atoms with E-state index < -0.39 is 0 Å². The van der Waals surface area contributed by atoms with Crippen LogP contribution in [0.4, 0.5) is 0 Å². The largest absolute Gasteiger partial charge is 0.351 e. The number of piperidine rings is 1. The molecule has 1 unspecified atom stereocenters. The summed E-state index contributed by atoms with van der Waals surface area (Å²) < 4.78 is 5.26. The monoisotopic (exact) mass is 316 g/mol. The number of likely N-dealkylation sites (tertiary alicyclic amines) is 1. The van der Waals surface area contributed by atoms with Gasteiger partial charge in [0.2, 0.25) is 5.76 Å². The normalized spacial score (nSPS) is 18.6. The molecule has 0 radical (unpaired) electrons. The second-order valence-electron chi connectivity index (χ2n) is 6.82. The summed E-state index contributed by atoms with van der Waals surface area (Å²) in [5, 5.41) is 4.01. The number of H-pyrrole nitrogens is 1. The van der Waals surface area contributed by atoms with Crippen LogP contribution in [0.15, 0.2) is 16.8 Å². The van der Waals surface area contributed by atoms with Gasteiger partial charge in [-0.25, -0.2) is 4.98 Å². The van der Waals surface area contributed by atoms with Crippen molar-refractivity contribution < 1.29 is 9.32 Å². The van der Waals surface area contributed by atoms with Crippen LogP contribution in [0.1, 0.15) is 60.4 Å². The first-order valence-electron chi connectivity index (χ1n) is 8.29. The summed E-state index contributed by atoms with van der Waals surface area (Å²) in [5.74, 6) is 2.00. The van der Waals surface area contributed by atoms with Gasteiger partial charge >= 0.3 is 0 Å². The number of aryl methyl sites for hydroxylation is 1. The highest BCUT2D eigenvalue weighted by Crippen LogP contribution is 2.26. The molecule has 1 saturated heterocycles. The molecule has 23 heavy (non-hydrogen) atoms. The fourth-order valence-electron chi connectivity index (χ4n) is 3.11. The maximum atomic E-state index is 12.6. The topological polar surface area (TPSA) is 75.0 Å². The Labute approximate surface area is 136 Å². The highest BCUT2D eigenvalue weighted by atomic mass is 16.5. The van der Waals surface area contributed by atoms with E-state index in [4.69, 9.17) is 4.52 Å². The van der Waals surface area contributed by atoms with Crippen molar-refractivity contribution >= 4 is 5.91 Å². The second-order valence-corrected chi connectivity index (χ2v) is 6.82. The molecule has 1 aliphatic rings. The molecule has 0 aliphatic carbocycles. The summed E-state index contributed by atoms with van der Waals surface area (Å²) in [7, 11) is 0. The zero-order valence-corrected chi connectivity index (χ0v) is 14.0. The van der Waals surface area contributed by atoms with Crippen LogP contribution >= 0.6 is 0 Å². The van der Waals surface area contributed by atoms with Crippen molar-refractivity contribution in [3.05, 3.63) is 35.2 Å². The van der Waals surface area contributed by atoms with E-state index in [0.717, 1.165) is 43.0 Å². The Morgan fingerprint density at radius 2 is 2.35 bits per heavy atom. The molecule has 6 heteroatoms. The maximum absolute atomic E-state index is 12.6. The van der Waals surface area contributed by atoms with Crippen LogP contribution < -0.4 is 0 Å². The average Bonchev–Trinajstić information content (AvgIpc) is 3.15. The van der Waals surface area contributed by atoms with Gasteiger partial charge in [-0.15, -0.1) is 0 Å². The molecule has 3 heterocycles. The number of aromatic amines is 1. The fourth-order valence-corrected chi connectivity index (χ4v) is 3.11. The van der Waals surface area contributed by atoms with Crippen molar-refractivity contribution in [1.29, 1.82) is 0 Å². The minimum absolute atomic E-state index is 0.0690. The number of imidazole rings is 1. The molecule has 0 spiro atoms. The molecule has 2 aromatic heterocycles. The number of nitrogens with one attached hydrogen (secondary N) is 1. The molecule has 6 nitrogen and oxygen atoms in total. The summed E-state index contributed by atoms with van der Waals surface area (Å²) in [4.78, 5) is 22.2. The number of carbonyl (C=O) groups excluding carboxylic acids is 1. The zero-order chi connectivity index (χ0) is 16.4. The van der Waals surface area contributed by atoms with E-state index in [-0.39, 0.29) is 11.8 Å². The van der Waals surface area contributed by atoms with Gasteiger partial charge in [0.05, 0.1) is 5.69 Å². The van der Waals surface area contributed by atoms with Gasteiger partial charge in [-0.2, -0.15) is 0 Å². The Morgan fingerprint density at radius 1 is 1.52 bits per heavy atom. The fraction of sp³-hybridized carbons (Fsp3) is 0.588. The third-order valence-corrected chi connectivity index (χ3v) is 4.20. The summed E-state index contributed by atoms with van der Waals surface area (Å²) in [6, 6.07) is 1.78.